The minimum Gasteiger partial charge on any atom is -0.384 e. The molecule has 7 heteroatoms. The first-order valence-corrected chi connectivity index (χ1v) is 8.72. The van der Waals surface area contributed by atoms with Crippen LogP contribution in [0, 0.1) is 10.8 Å². The molecule has 0 aliphatic carbocycles. The van der Waals surface area contributed by atoms with E-state index in [0.717, 1.165) is 32.2 Å². The third kappa shape index (κ3) is 2.84. The molecule has 6 nitrogen and oxygen atoms in total. The smallest absolute Gasteiger partial charge is 0.148 e. The van der Waals surface area contributed by atoms with Crippen LogP contribution in [-0.2, 0) is 0 Å². The molecule has 0 spiro atoms. The van der Waals surface area contributed by atoms with Crippen LogP contribution in [0.3, 0.4) is 0 Å². The van der Waals surface area contributed by atoms with Crippen molar-refractivity contribution in [2.45, 2.75) is 0 Å². The first-order chi connectivity index (χ1) is 12.5. The summed E-state index contributed by atoms with van der Waals surface area (Å²) >= 11 is 1.63. The van der Waals surface area contributed by atoms with Gasteiger partial charge in [0.2, 0.25) is 0 Å². The van der Waals surface area contributed by atoms with Crippen molar-refractivity contribution < 1.29 is 0 Å². The van der Waals surface area contributed by atoms with Crippen molar-refractivity contribution in [2.24, 2.45) is 11.5 Å². The lowest BCUT2D eigenvalue weighted by Crippen LogP contribution is -2.10. The summed E-state index contributed by atoms with van der Waals surface area (Å²) in [7, 11) is 0. The Bertz CT molecular complexity index is 1140. The van der Waals surface area contributed by atoms with Crippen molar-refractivity contribution >= 4 is 34.0 Å². The van der Waals surface area contributed by atoms with Crippen molar-refractivity contribution in [3.8, 4) is 21.1 Å². The second-order valence-corrected chi connectivity index (χ2v) is 6.97. The second-order valence-electron chi connectivity index (χ2n) is 5.89. The van der Waals surface area contributed by atoms with Gasteiger partial charge in [0.1, 0.15) is 17.5 Å². The highest BCUT2D eigenvalue weighted by Gasteiger charge is 2.10. The normalized spacial score (nSPS) is 10.9. The van der Waals surface area contributed by atoms with Gasteiger partial charge in [-0.15, -0.1) is 11.3 Å². The number of benzene rings is 2. The first kappa shape index (κ1) is 16.0. The van der Waals surface area contributed by atoms with E-state index < -0.39 is 0 Å². The molecule has 0 fully saturated rings. The molecule has 2 aromatic carbocycles. The first-order valence-electron chi connectivity index (χ1n) is 7.90. The predicted octanol–water partition coefficient (Wildman–Crippen LogP) is 3.53. The number of nitrogens with zero attached hydrogens (tertiary/aromatic N) is 1. The van der Waals surface area contributed by atoms with E-state index in [1.165, 1.54) is 0 Å². The fourth-order valence-corrected chi connectivity index (χ4v) is 3.68. The van der Waals surface area contributed by atoms with Gasteiger partial charge < -0.3 is 16.5 Å². The van der Waals surface area contributed by atoms with Gasteiger partial charge in [0.05, 0.1) is 15.9 Å². The van der Waals surface area contributed by atoms with Crippen LogP contribution in [-0.4, -0.2) is 21.6 Å². The molecule has 4 rings (SSSR count). The van der Waals surface area contributed by atoms with Crippen LogP contribution in [0.4, 0.5) is 0 Å². The van der Waals surface area contributed by atoms with E-state index in [0.29, 0.717) is 11.1 Å². The lowest BCUT2D eigenvalue weighted by atomic mass is 10.1. The molecule has 0 saturated carbocycles. The van der Waals surface area contributed by atoms with E-state index in [-0.39, 0.29) is 11.7 Å². The molecule has 0 atom stereocenters. The van der Waals surface area contributed by atoms with Crippen molar-refractivity contribution in [3.05, 3.63) is 65.7 Å². The molecule has 0 aliphatic rings. The fourth-order valence-electron chi connectivity index (χ4n) is 2.73. The summed E-state index contributed by atoms with van der Waals surface area (Å²) < 4.78 is 0. The van der Waals surface area contributed by atoms with Crippen molar-refractivity contribution in [1.29, 1.82) is 10.8 Å². The quantitative estimate of drug-likeness (QED) is 0.282. The average molecular weight is 360 g/mol. The minimum atomic E-state index is 0.0375. The zero-order valence-electron chi connectivity index (χ0n) is 13.7. The standard InChI is InChI=1S/C19H16N6S/c20-17(21)11-3-1-10(2-4-11)15-7-8-16(26-15)19-24-13-6-5-12(18(22)23)9-14(13)25-19/h1-9H,(H3,20,21)(H3,22,23)(H,24,25). The molecule has 4 aromatic rings. The number of amidine groups is 2. The van der Waals surface area contributed by atoms with Gasteiger partial charge in [0.25, 0.3) is 0 Å². The molecule has 7 N–H and O–H groups in total. The zero-order valence-corrected chi connectivity index (χ0v) is 14.5. The molecule has 0 unspecified atom stereocenters. The van der Waals surface area contributed by atoms with Gasteiger partial charge >= 0.3 is 0 Å². The third-order valence-electron chi connectivity index (χ3n) is 4.11. The van der Waals surface area contributed by atoms with Gasteiger partial charge in [-0.3, -0.25) is 10.8 Å². The highest BCUT2D eigenvalue weighted by atomic mass is 32.1. The number of imidazole rings is 1. The zero-order chi connectivity index (χ0) is 18.3. The Morgan fingerprint density at radius 1 is 0.846 bits per heavy atom. The summed E-state index contributed by atoms with van der Waals surface area (Å²) in [5.41, 5.74) is 15.2. The van der Waals surface area contributed by atoms with Crippen molar-refractivity contribution in [2.75, 3.05) is 0 Å². The van der Waals surface area contributed by atoms with E-state index in [9.17, 15) is 0 Å². The number of thiophene rings is 1. The summed E-state index contributed by atoms with van der Waals surface area (Å²) in [6.45, 7) is 0. The molecule has 128 valence electrons. The highest BCUT2D eigenvalue weighted by Crippen LogP contribution is 2.34. The Kier molecular flexibility index (Phi) is 3.78. The fraction of sp³-hybridized carbons (Fsp3) is 0. The van der Waals surface area contributed by atoms with Gasteiger partial charge in [-0.1, -0.05) is 24.3 Å². The Morgan fingerprint density at radius 3 is 2.19 bits per heavy atom. The summed E-state index contributed by atoms with van der Waals surface area (Å²) in [5.74, 6) is 0.892. The van der Waals surface area contributed by atoms with Gasteiger partial charge in [-0.2, -0.15) is 0 Å². The number of aromatic nitrogens is 2. The van der Waals surface area contributed by atoms with E-state index in [1.807, 2.05) is 42.5 Å². The number of aromatic amines is 1. The number of hydrogen-bond donors (Lipinski definition) is 5. The third-order valence-corrected chi connectivity index (χ3v) is 5.25. The van der Waals surface area contributed by atoms with E-state index in [2.05, 4.69) is 16.0 Å². The number of fused-ring (bicyclic) bond motifs is 1. The van der Waals surface area contributed by atoms with E-state index in [4.69, 9.17) is 22.3 Å². The predicted molar refractivity (Wildman–Crippen MR) is 107 cm³/mol. The van der Waals surface area contributed by atoms with Crippen molar-refractivity contribution in [3.63, 3.8) is 0 Å². The number of hydrogen-bond acceptors (Lipinski definition) is 4. The number of nitrogen functional groups attached to an aromatic ring is 2. The van der Waals surface area contributed by atoms with Crippen LogP contribution in [0.2, 0.25) is 0 Å². The molecule has 0 aliphatic heterocycles. The summed E-state index contributed by atoms with van der Waals surface area (Å²) in [6, 6.07) is 17.2. The topological polar surface area (TPSA) is 128 Å². The molecular formula is C19H16N6S. The largest absolute Gasteiger partial charge is 0.384 e. The van der Waals surface area contributed by atoms with Gasteiger partial charge in [-0.05, 0) is 35.9 Å². The summed E-state index contributed by atoms with van der Waals surface area (Å²) in [4.78, 5) is 10.1. The van der Waals surface area contributed by atoms with Gasteiger partial charge in [0, 0.05) is 16.0 Å². The Hall–Kier alpha value is -3.45. The van der Waals surface area contributed by atoms with Crippen LogP contribution < -0.4 is 11.5 Å². The van der Waals surface area contributed by atoms with Gasteiger partial charge in [-0.25, -0.2) is 4.98 Å². The molecule has 0 radical (unpaired) electrons. The maximum atomic E-state index is 7.55. The molecule has 26 heavy (non-hydrogen) atoms. The molecule has 0 amide bonds. The maximum Gasteiger partial charge on any atom is 0.148 e. The summed E-state index contributed by atoms with van der Waals surface area (Å²) in [6.07, 6.45) is 0. The molecule has 2 heterocycles. The number of rotatable bonds is 4. The Morgan fingerprint density at radius 2 is 1.50 bits per heavy atom. The SMILES string of the molecule is N=C(N)c1ccc(-c2ccc(-c3nc4ccc(C(=N)N)cc4[nH]3)s2)cc1. The molecule has 0 saturated heterocycles. The van der Waals surface area contributed by atoms with Crippen molar-refractivity contribution in [1.82, 2.24) is 9.97 Å². The summed E-state index contributed by atoms with van der Waals surface area (Å²) in [5, 5.41) is 15.0. The lowest BCUT2D eigenvalue weighted by molar-refractivity contribution is 1.36. The van der Waals surface area contributed by atoms with Crippen LogP contribution in [0.1, 0.15) is 11.1 Å². The maximum absolute atomic E-state index is 7.55. The Labute approximate surface area is 153 Å². The number of nitrogens with two attached hydrogens (primary N) is 2. The molecule has 0 bridgehead atoms. The second kappa shape index (κ2) is 6.12. The number of nitrogens with one attached hydrogen (secondary N) is 3. The van der Waals surface area contributed by atoms with Gasteiger partial charge in [0.15, 0.2) is 0 Å². The van der Waals surface area contributed by atoms with Crippen LogP contribution in [0.5, 0.6) is 0 Å². The van der Waals surface area contributed by atoms with E-state index in [1.54, 1.807) is 17.4 Å². The van der Waals surface area contributed by atoms with E-state index >= 15 is 0 Å². The molecule has 2 aromatic heterocycles. The highest BCUT2D eigenvalue weighted by molar-refractivity contribution is 7.18. The Balaban J connectivity index is 1.68. The lowest BCUT2D eigenvalue weighted by Gasteiger charge is -2.00. The monoisotopic (exact) mass is 360 g/mol. The number of H-pyrrole nitrogens is 1. The van der Waals surface area contributed by atoms with Crippen LogP contribution >= 0.6 is 11.3 Å². The van der Waals surface area contributed by atoms with Crippen LogP contribution in [0.25, 0.3) is 32.2 Å². The van der Waals surface area contributed by atoms with Crippen LogP contribution in [0.15, 0.2) is 54.6 Å². The minimum absolute atomic E-state index is 0.0375. The average Bonchev–Trinajstić information content (AvgIpc) is 3.27. The molecular weight excluding hydrogens is 344 g/mol.